The van der Waals surface area contributed by atoms with Crippen LogP contribution in [0.1, 0.15) is 56.1 Å². The highest BCUT2D eigenvalue weighted by Crippen LogP contribution is 2.22. The number of hydrogen-bond acceptors (Lipinski definition) is 2. The van der Waals surface area contributed by atoms with Gasteiger partial charge in [-0.05, 0) is 36.8 Å². The van der Waals surface area contributed by atoms with Gasteiger partial charge in [0.1, 0.15) is 0 Å². The fourth-order valence-corrected chi connectivity index (χ4v) is 2.75. The van der Waals surface area contributed by atoms with E-state index in [2.05, 4.69) is 29.6 Å². The third-order valence-corrected chi connectivity index (χ3v) is 4.23. The van der Waals surface area contributed by atoms with Gasteiger partial charge in [-0.1, -0.05) is 43.5 Å². The Morgan fingerprint density at radius 2 is 1.58 bits per heavy atom. The third-order valence-electron chi connectivity index (χ3n) is 4.23. The molecule has 0 saturated heterocycles. The predicted octanol–water partition coefficient (Wildman–Crippen LogP) is 3.79. The standard InChI is InChI=1S/C17H25NO/c1-2-4-17(5-3-1)19-13-15-8-6-14(7-9-15)12-18-16-10-11-16/h6-9,16-18H,1-5,10-13H2. The number of rotatable bonds is 6. The maximum Gasteiger partial charge on any atom is 0.0720 e. The molecule has 0 atom stereocenters. The van der Waals surface area contributed by atoms with E-state index in [1.54, 1.807) is 0 Å². The minimum atomic E-state index is 0.505. The van der Waals surface area contributed by atoms with E-state index in [1.807, 2.05) is 0 Å². The summed E-state index contributed by atoms with van der Waals surface area (Å²) in [5, 5.41) is 3.54. The lowest BCUT2D eigenvalue weighted by atomic mass is 9.98. The van der Waals surface area contributed by atoms with Crippen molar-refractivity contribution < 1.29 is 4.74 Å². The maximum absolute atomic E-state index is 6.00. The number of benzene rings is 1. The summed E-state index contributed by atoms with van der Waals surface area (Å²) in [4.78, 5) is 0. The van der Waals surface area contributed by atoms with Crippen LogP contribution < -0.4 is 5.32 Å². The molecule has 3 rings (SSSR count). The van der Waals surface area contributed by atoms with Gasteiger partial charge < -0.3 is 10.1 Å². The average molecular weight is 259 g/mol. The van der Waals surface area contributed by atoms with Crippen molar-refractivity contribution in [3.8, 4) is 0 Å². The molecule has 1 aromatic rings. The van der Waals surface area contributed by atoms with E-state index in [1.165, 1.54) is 56.1 Å². The van der Waals surface area contributed by atoms with Crippen LogP contribution in [0.25, 0.3) is 0 Å². The highest BCUT2D eigenvalue weighted by atomic mass is 16.5. The second-order valence-corrected chi connectivity index (χ2v) is 6.04. The lowest BCUT2D eigenvalue weighted by Gasteiger charge is -2.22. The Morgan fingerprint density at radius 1 is 0.895 bits per heavy atom. The normalized spacial score (nSPS) is 20.6. The summed E-state index contributed by atoms with van der Waals surface area (Å²) in [6.07, 6.45) is 9.80. The summed E-state index contributed by atoms with van der Waals surface area (Å²) >= 11 is 0. The summed E-state index contributed by atoms with van der Waals surface area (Å²) in [6.45, 7) is 1.79. The molecule has 1 aromatic carbocycles. The largest absolute Gasteiger partial charge is 0.374 e. The fourth-order valence-electron chi connectivity index (χ4n) is 2.75. The summed E-state index contributed by atoms with van der Waals surface area (Å²) in [7, 11) is 0. The zero-order valence-corrected chi connectivity index (χ0v) is 11.7. The molecular weight excluding hydrogens is 234 g/mol. The monoisotopic (exact) mass is 259 g/mol. The zero-order chi connectivity index (χ0) is 12.9. The second-order valence-electron chi connectivity index (χ2n) is 6.04. The first-order valence-electron chi connectivity index (χ1n) is 7.83. The molecule has 0 aromatic heterocycles. The molecule has 0 heterocycles. The van der Waals surface area contributed by atoms with Crippen molar-refractivity contribution in [3.63, 3.8) is 0 Å². The predicted molar refractivity (Wildman–Crippen MR) is 78.0 cm³/mol. The first-order chi connectivity index (χ1) is 9.40. The van der Waals surface area contributed by atoms with Gasteiger partial charge in [-0.25, -0.2) is 0 Å². The SMILES string of the molecule is c1cc(COC2CCCCC2)ccc1CNC1CC1. The Labute approximate surface area is 116 Å². The van der Waals surface area contributed by atoms with Crippen molar-refractivity contribution in [2.75, 3.05) is 0 Å². The number of ether oxygens (including phenoxy) is 1. The molecule has 0 spiro atoms. The second kappa shape index (κ2) is 6.53. The van der Waals surface area contributed by atoms with Crippen LogP contribution in [-0.4, -0.2) is 12.1 Å². The van der Waals surface area contributed by atoms with Crippen LogP contribution in [0.2, 0.25) is 0 Å². The lowest BCUT2D eigenvalue weighted by molar-refractivity contribution is 0.0168. The molecule has 104 valence electrons. The van der Waals surface area contributed by atoms with Crippen LogP contribution in [0, 0.1) is 0 Å². The summed E-state index contributed by atoms with van der Waals surface area (Å²) in [5.41, 5.74) is 2.69. The van der Waals surface area contributed by atoms with E-state index in [9.17, 15) is 0 Å². The Balaban J connectivity index is 1.42. The molecule has 2 fully saturated rings. The highest BCUT2D eigenvalue weighted by molar-refractivity contribution is 5.22. The fraction of sp³-hybridized carbons (Fsp3) is 0.647. The van der Waals surface area contributed by atoms with Crippen molar-refractivity contribution in [3.05, 3.63) is 35.4 Å². The minimum Gasteiger partial charge on any atom is -0.374 e. The lowest BCUT2D eigenvalue weighted by Crippen LogP contribution is -2.16. The molecule has 0 amide bonds. The molecule has 2 aliphatic rings. The molecule has 19 heavy (non-hydrogen) atoms. The number of nitrogens with one attached hydrogen (secondary N) is 1. The van der Waals surface area contributed by atoms with E-state index in [-0.39, 0.29) is 0 Å². The molecule has 2 nitrogen and oxygen atoms in total. The molecule has 1 N–H and O–H groups in total. The van der Waals surface area contributed by atoms with Crippen molar-refractivity contribution in [2.24, 2.45) is 0 Å². The first-order valence-corrected chi connectivity index (χ1v) is 7.83. The van der Waals surface area contributed by atoms with Gasteiger partial charge in [0.15, 0.2) is 0 Å². The van der Waals surface area contributed by atoms with Gasteiger partial charge in [0, 0.05) is 12.6 Å². The van der Waals surface area contributed by atoms with Gasteiger partial charge in [-0.2, -0.15) is 0 Å². The summed E-state index contributed by atoms with van der Waals surface area (Å²) in [6, 6.07) is 9.68. The Hall–Kier alpha value is -0.860. The third kappa shape index (κ3) is 4.32. The van der Waals surface area contributed by atoms with Crippen molar-refractivity contribution >= 4 is 0 Å². The van der Waals surface area contributed by atoms with E-state index < -0.39 is 0 Å². The van der Waals surface area contributed by atoms with Crippen molar-refractivity contribution in [1.82, 2.24) is 5.32 Å². The van der Waals surface area contributed by atoms with Gasteiger partial charge in [-0.3, -0.25) is 0 Å². The molecular formula is C17H25NO. The molecule has 0 radical (unpaired) electrons. The topological polar surface area (TPSA) is 21.3 Å². The van der Waals surface area contributed by atoms with Crippen molar-refractivity contribution in [1.29, 1.82) is 0 Å². The van der Waals surface area contributed by atoms with Crippen molar-refractivity contribution in [2.45, 2.75) is 70.2 Å². The summed E-state index contributed by atoms with van der Waals surface area (Å²) in [5.74, 6) is 0. The first kappa shape index (κ1) is 13.1. The average Bonchev–Trinajstić information content (AvgIpc) is 3.29. The van der Waals surface area contributed by atoms with E-state index in [4.69, 9.17) is 4.74 Å². The van der Waals surface area contributed by atoms with Crippen LogP contribution in [0.4, 0.5) is 0 Å². The highest BCUT2D eigenvalue weighted by Gasteiger charge is 2.19. The summed E-state index contributed by atoms with van der Waals surface area (Å²) < 4.78 is 6.00. The molecule has 0 unspecified atom stereocenters. The van der Waals surface area contributed by atoms with Crippen LogP contribution >= 0.6 is 0 Å². The Bertz CT molecular complexity index is 377. The molecule has 2 heteroatoms. The van der Waals surface area contributed by atoms with Gasteiger partial charge in [0.2, 0.25) is 0 Å². The maximum atomic E-state index is 6.00. The molecule has 0 aliphatic heterocycles. The Morgan fingerprint density at radius 3 is 2.26 bits per heavy atom. The van der Waals surface area contributed by atoms with E-state index in [0.29, 0.717) is 6.10 Å². The van der Waals surface area contributed by atoms with E-state index >= 15 is 0 Å². The zero-order valence-electron chi connectivity index (χ0n) is 11.7. The molecule has 2 saturated carbocycles. The molecule has 2 aliphatic carbocycles. The van der Waals surface area contributed by atoms with Gasteiger partial charge in [0.25, 0.3) is 0 Å². The van der Waals surface area contributed by atoms with Crippen LogP contribution in [0.3, 0.4) is 0 Å². The van der Waals surface area contributed by atoms with Crippen LogP contribution in [0.5, 0.6) is 0 Å². The quantitative estimate of drug-likeness (QED) is 0.839. The van der Waals surface area contributed by atoms with E-state index in [0.717, 1.165) is 19.2 Å². The van der Waals surface area contributed by atoms with Gasteiger partial charge in [-0.15, -0.1) is 0 Å². The number of hydrogen-bond donors (Lipinski definition) is 1. The van der Waals surface area contributed by atoms with Gasteiger partial charge >= 0.3 is 0 Å². The Kier molecular flexibility index (Phi) is 4.52. The smallest absolute Gasteiger partial charge is 0.0720 e. The molecule has 0 bridgehead atoms. The van der Waals surface area contributed by atoms with Gasteiger partial charge in [0.05, 0.1) is 12.7 Å². The minimum absolute atomic E-state index is 0.505. The van der Waals surface area contributed by atoms with Crippen LogP contribution in [0.15, 0.2) is 24.3 Å². The van der Waals surface area contributed by atoms with Crippen LogP contribution in [-0.2, 0) is 17.9 Å².